The van der Waals surface area contributed by atoms with Gasteiger partial charge in [0.2, 0.25) is 0 Å². The van der Waals surface area contributed by atoms with Gasteiger partial charge in [-0.15, -0.1) is 0 Å². The molecule has 0 bridgehead atoms. The Balaban J connectivity index is 1.70. The number of hydrogen-bond acceptors (Lipinski definition) is 2. The first-order valence-electron chi connectivity index (χ1n) is 7.35. The van der Waals surface area contributed by atoms with Crippen LogP contribution in [0.15, 0.2) is 30.6 Å². The average molecular weight is 302 g/mol. The molecule has 3 rings (SSSR count). The van der Waals surface area contributed by atoms with Crippen molar-refractivity contribution in [3.8, 4) is 0 Å². The fourth-order valence-corrected chi connectivity index (χ4v) is 2.62. The van der Waals surface area contributed by atoms with Crippen molar-refractivity contribution in [1.82, 2.24) is 14.9 Å². The maximum atomic E-state index is 13.4. The third-order valence-corrected chi connectivity index (χ3v) is 3.82. The molecule has 1 saturated carbocycles. The molecule has 5 nitrogen and oxygen atoms in total. The molecule has 1 aliphatic carbocycles. The summed E-state index contributed by atoms with van der Waals surface area (Å²) in [6.45, 7) is 1.78. The average Bonchev–Trinajstić information content (AvgIpc) is 3.17. The molecule has 2 aromatic rings. The number of halogens is 1. The van der Waals surface area contributed by atoms with Crippen LogP contribution in [0.1, 0.15) is 30.3 Å². The van der Waals surface area contributed by atoms with Crippen LogP contribution >= 0.6 is 0 Å². The van der Waals surface area contributed by atoms with Crippen molar-refractivity contribution in [2.75, 3.05) is 5.32 Å². The number of benzene rings is 1. The molecular weight excluding hydrogens is 283 g/mol. The fraction of sp³-hybridized carbons (Fsp3) is 0.375. The molecule has 1 aliphatic rings. The Kier molecular flexibility index (Phi) is 3.83. The normalized spacial score (nSPS) is 15.4. The van der Waals surface area contributed by atoms with E-state index in [1.807, 2.05) is 17.8 Å². The van der Waals surface area contributed by atoms with Gasteiger partial charge < -0.3 is 15.2 Å². The van der Waals surface area contributed by atoms with Gasteiger partial charge in [0.1, 0.15) is 11.6 Å². The fourth-order valence-electron chi connectivity index (χ4n) is 2.62. The summed E-state index contributed by atoms with van der Waals surface area (Å²) < 4.78 is 15.3. The summed E-state index contributed by atoms with van der Waals surface area (Å²) in [5, 5.41) is 5.64. The molecule has 1 aromatic carbocycles. The largest absolute Gasteiger partial charge is 0.336 e. The Morgan fingerprint density at radius 2 is 2.18 bits per heavy atom. The van der Waals surface area contributed by atoms with E-state index < -0.39 is 0 Å². The van der Waals surface area contributed by atoms with Crippen LogP contribution in [0.25, 0.3) is 0 Å². The molecule has 1 heterocycles. The highest BCUT2D eigenvalue weighted by atomic mass is 19.1. The smallest absolute Gasteiger partial charge is 0.319 e. The maximum absolute atomic E-state index is 13.4. The van der Waals surface area contributed by atoms with Gasteiger partial charge >= 0.3 is 6.03 Å². The van der Waals surface area contributed by atoms with Gasteiger partial charge in [-0.1, -0.05) is 0 Å². The molecule has 22 heavy (non-hydrogen) atoms. The lowest BCUT2D eigenvalue weighted by Crippen LogP contribution is -2.35. The Labute approximate surface area is 128 Å². The predicted octanol–water partition coefficient (Wildman–Crippen LogP) is 3.14. The number of aromatic nitrogens is 2. The quantitative estimate of drug-likeness (QED) is 0.911. The van der Waals surface area contributed by atoms with Gasteiger partial charge in [-0.25, -0.2) is 14.2 Å². The van der Waals surface area contributed by atoms with E-state index in [0.29, 0.717) is 11.6 Å². The highest BCUT2D eigenvalue weighted by molar-refractivity contribution is 5.89. The molecule has 1 aromatic heterocycles. The standard InChI is InChI=1S/C16H19FN4O/c1-10-7-12(17)9-13(8-10)19-16(22)20-14(11-3-4-11)15-18-5-6-21(15)2/h5-9,11,14H,3-4H2,1-2H3,(H2,19,20,22). The summed E-state index contributed by atoms with van der Waals surface area (Å²) in [5.74, 6) is 0.896. The topological polar surface area (TPSA) is 59.0 Å². The lowest BCUT2D eigenvalue weighted by atomic mass is 10.1. The van der Waals surface area contributed by atoms with Crippen LogP contribution < -0.4 is 10.6 Å². The number of nitrogens with one attached hydrogen (secondary N) is 2. The lowest BCUT2D eigenvalue weighted by Gasteiger charge is -2.18. The highest BCUT2D eigenvalue weighted by Crippen LogP contribution is 2.40. The molecule has 6 heteroatoms. The molecular formula is C16H19FN4O. The number of nitrogens with zero attached hydrogens (tertiary/aromatic N) is 2. The van der Waals surface area contributed by atoms with E-state index in [0.717, 1.165) is 24.2 Å². The molecule has 0 saturated heterocycles. The van der Waals surface area contributed by atoms with Gasteiger partial charge in [0.25, 0.3) is 0 Å². The number of hydrogen-bond donors (Lipinski definition) is 2. The molecule has 2 amide bonds. The summed E-state index contributed by atoms with van der Waals surface area (Å²) in [6, 6.07) is 4.00. The second-order valence-corrected chi connectivity index (χ2v) is 5.83. The molecule has 1 unspecified atom stereocenters. The summed E-state index contributed by atoms with van der Waals surface area (Å²) in [4.78, 5) is 16.5. The third-order valence-electron chi connectivity index (χ3n) is 3.82. The zero-order chi connectivity index (χ0) is 15.7. The van der Waals surface area contributed by atoms with Crippen molar-refractivity contribution in [3.05, 3.63) is 47.8 Å². The minimum atomic E-state index is -0.363. The van der Waals surface area contributed by atoms with Crippen LogP contribution in [0.5, 0.6) is 0 Å². The number of carbonyl (C=O) groups excluding carboxylic acids is 1. The number of urea groups is 1. The van der Waals surface area contributed by atoms with Crippen molar-refractivity contribution in [2.45, 2.75) is 25.8 Å². The molecule has 1 fully saturated rings. The Morgan fingerprint density at radius 1 is 1.41 bits per heavy atom. The van der Waals surface area contributed by atoms with E-state index in [-0.39, 0.29) is 17.9 Å². The zero-order valence-electron chi connectivity index (χ0n) is 12.6. The maximum Gasteiger partial charge on any atom is 0.319 e. The van der Waals surface area contributed by atoms with Crippen molar-refractivity contribution in [3.63, 3.8) is 0 Å². The summed E-state index contributed by atoms with van der Waals surface area (Å²) in [7, 11) is 1.91. The Hall–Kier alpha value is -2.37. The molecule has 0 spiro atoms. The van der Waals surface area contributed by atoms with Crippen molar-refractivity contribution < 1.29 is 9.18 Å². The zero-order valence-corrected chi connectivity index (χ0v) is 12.6. The SMILES string of the molecule is Cc1cc(F)cc(NC(=O)NC(c2nccn2C)C2CC2)c1. The van der Waals surface area contributed by atoms with Gasteiger partial charge in [0.15, 0.2) is 0 Å². The van der Waals surface area contributed by atoms with E-state index in [1.165, 1.54) is 12.1 Å². The molecule has 116 valence electrons. The van der Waals surface area contributed by atoms with E-state index in [2.05, 4.69) is 15.6 Å². The van der Waals surface area contributed by atoms with Gasteiger partial charge in [-0.05, 0) is 49.4 Å². The molecule has 0 radical (unpaired) electrons. The van der Waals surface area contributed by atoms with Crippen LogP contribution in [0.4, 0.5) is 14.9 Å². The van der Waals surface area contributed by atoms with Crippen LogP contribution in [0.3, 0.4) is 0 Å². The first-order valence-corrected chi connectivity index (χ1v) is 7.35. The highest BCUT2D eigenvalue weighted by Gasteiger charge is 2.35. The monoisotopic (exact) mass is 302 g/mol. The number of amides is 2. The summed E-state index contributed by atoms with van der Waals surface area (Å²) in [6.07, 6.45) is 5.74. The van der Waals surface area contributed by atoms with Crippen LogP contribution in [-0.4, -0.2) is 15.6 Å². The van der Waals surface area contributed by atoms with E-state index in [1.54, 1.807) is 19.2 Å². The Bertz CT molecular complexity index is 673. The second kappa shape index (κ2) is 5.79. The Morgan fingerprint density at radius 3 is 2.77 bits per heavy atom. The van der Waals surface area contributed by atoms with Gasteiger partial charge in [0.05, 0.1) is 6.04 Å². The summed E-state index contributed by atoms with van der Waals surface area (Å²) in [5.41, 5.74) is 1.21. The minimum Gasteiger partial charge on any atom is -0.336 e. The van der Waals surface area contributed by atoms with Crippen molar-refractivity contribution in [2.24, 2.45) is 13.0 Å². The number of aryl methyl sites for hydroxylation is 2. The predicted molar refractivity (Wildman–Crippen MR) is 82.0 cm³/mol. The number of rotatable bonds is 4. The van der Waals surface area contributed by atoms with Gasteiger partial charge in [-0.2, -0.15) is 0 Å². The van der Waals surface area contributed by atoms with Crippen LogP contribution in [0, 0.1) is 18.7 Å². The number of anilines is 1. The van der Waals surface area contributed by atoms with Gasteiger partial charge in [-0.3, -0.25) is 0 Å². The number of carbonyl (C=O) groups is 1. The van der Waals surface area contributed by atoms with Crippen LogP contribution in [-0.2, 0) is 7.05 Å². The molecule has 2 N–H and O–H groups in total. The van der Waals surface area contributed by atoms with Crippen molar-refractivity contribution >= 4 is 11.7 Å². The molecule has 0 aliphatic heterocycles. The first kappa shape index (κ1) is 14.6. The van der Waals surface area contributed by atoms with E-state index in [4.69, 9.17) is 0 Å². The van der Waals surface area contributed by atoms with Gasteiger partial charge in [0, 0.05) is 25.1 Å². The third kappa shape index (κ3) is 3.27. The second-order valence-electron chi connectivity index (χ2n) is 5.83. The van der Waals surface area contributed by atoms with E-state index in [9.17, 15) is 9.18 Å². The lowest BCUT2D eigenvalue weighted by molar-refractivity contribution is 0.246. The van der Waals surface area contributed by atoms with E-state index >= 15 is 0 Å². The molecule has 1 atom stereocenters. The minimum absolute atomic E-state index is 0.116. The first-order chi connectivity index (χ1) is 10.5. The van der Waals surface area contributed by atoms with Crippen LogP contribution in [0.2, 0.25) is 0 Å². The number of imidazole rings is 1. The van der Waals surface area contributed by atoms with Crippen molar-refractivity contribution in [1.29, 1.82) is 0 Å². The summed E-state index contributed by atoms with van der Waals surface area (Å²) >= 11 is 0.